The predicted molar refractivity (Wildman–Crippen MR) is 96.9 cm³/mol. The highest BCUT2D eigenvalue weighted by molar-refractivity contribution is 7.90. The summed E-state index contributed by atoms with van der Waals surface area (Å²) in [5.74, 6) is -0.304. The van der Waals surface area contributed by atoms with Gasteiger partial charge >= 0.3 is 10.2 Å². The molecular weight excluding hydrogens is 350 g/mol. The van der Waals surface area contributed by atoms with E-state index in [-0.39, 0.29) is 5.91 Å². The van der Waals surface area contributed by atoms with E-state index in [2.05, 4.69) is 5.32 Å². The first kappa shape index (κ1) is 18.3. The minimum absolute atomic E-state index is 0.304. The zero-order valence-corrected chi connectivity index (χ0v) is 15.1. The Hall–Kier alpha value is -2.09. The Bertz CT molecular complexity index is 836. The van der Waals surface area contributed by atoms with E-state index < -0.39 is 10.2 Å². The molecule has 0 aliphatic rings. The lowest BCUT2D eigenvalue weighted by Crippen LogP contribution is -2.37. The van der Waals surface area contributed by atoms with Crippen LogP contribution in [0.5, 0.6) is 0 Å². The Morgan fingerprint density at radius 1 is 1.04 bits per heavy atom. The summed E-state index contributed by atoms with van der Waals surface area (Å²) in [4.78, 5) is 12.2. The molecule has 0 radical (unpaired) electrons. The third kappa shape index (κ3) is 4.05. The maximum absolute atomic E-state index is 12.2. The number of carbonyl (C=O) groups is 1. The van der Waals surface area contributed by atoms with Crippen molar-refractivity contribution in [2.75, 3.05) is 30.8 Å². The molecule has 0 aromatic heterocycles. The highest BCUT2D eigenvalue weighted by Gasteiger charge is 2.21. The molecule has 0 atom stereocenters. The summed E-state index contributed by atoms with van der Waals surface area (Å²) in [6.07, 6.45) is 0. The van der Waals surface area contributed by atoms with Crippen molar-refractivity contribution in [3.05, 3.63) is 59.1 Å². The molecule has 0 spiro atoms. The molecular formula is C16H18ClN3O3S. The molecule has 0 heterocycles. The number of benzene rings is 2. The minimum atomic E-state index is -3.56. The van der Waals surface area contributed by atoms with E-state index in [1.54, 1.807) is 48.5 Å². The van der Waals surface area contributed by atoms with Crippen LogP contribution in [0.25, 0.3) is 0 Å². The predicted octanol–water partition coefficient (Wildman–Crippen LogP) is 2.83. The van der Waals surface area contributed by atoms with Crippen molar-refractivity contribution >= 4 is 39.1 Å². The van der Waals surface area contributed by atoms with Gasteiger partial charge in [0.05, 0.1) is 5.69 Å². The molecule has 128 valence electrons. The molecule has 1 amide bonds. The molecule has 2 aromatic rings. The maximum Gasteiger partial charge on any atom is 0.303 e. The largest absolute Gasteiger partial charge is 0.322 e. The van der Waals surface area contributed by atoms with Gasteiger partial charge in [0.15, 0.2) is 0 Å². The summed E-state index contributed by atoms with van der Waals surface area (Å²) < 4.78 is 26.4. The Labute approximate surface area is 146 Å². The summed E-state index contributed by atoms with van der Waals surface area (Å²) in [7, 11) is 0.804. The molecule has 2 rings (SSSR count). The van der Waals surface area contributed by atoms with Crippen molar-refractivity contribution in [3.63, 3.8) is 0 Å². The molecule has 2 aromatic carbocycles. The van der Waals surface area contributed by atoms with Gasteiger partial charge in [-0.3, -0.25) is 9.10 Å². The van der Waals surface area contributed by atoms with Gasteiger partial charge in [-0.25, -0.2) is 0 Å². The fraction of sp³-hybridized carbons (Fsp3) is 0.188. The van der Waals surface area contributed by atoms with E-state index in [0.29, 0.717) is 22.0 Å². The zero-order chi connectivity index (χ0) is 17.9. The second kappa shape index (κ2) is 7.21. The Morgan fingerprint density at radius 2 is 1.67 bits per heavy atom. The van der Waals surface area contributed by atoms with Crippen molar-refractivity contribution < 1.29 is 13.2 Å². The van der Waals surface area contributed by atoms with Crippen molar-refractivity contribution in [1.82, 2.24) is 4.31 Å². The van der Waals surface area contributed by atoms with Crippen LogP contribution < -0.4 is 9.62 Å². The van der Waals surface area contributed by atoms with Gasteiger partial charge in [0.1, 0.15) is 0 Å². The van der Waals surface area contributed by atoms with Gasteiger partial charge < -0.3 is 5.32 Å². The first-order valence-corrected chi connectivity index (χ1v) is 8.82. The van der Waals surface area contributed by atoms with Gasteiger partial charge in [-0.05, 0) is 42.5 Å². The second-order valence-corrected chi connectivity index (χ2v) is 7.88. The van der Waals surface area contributed by atoms with E-state index >= 15 is 0 Å². The fourth-order valence-corrected chi connectivity index (χ4v) is 3.04. The first-order valence-electron chi connectivity index (χ1n) is 7.05. The summed E-state index contributed by atoms with van der Waals surface area (Å²) in [6, 6.07) is 13.1. The zero-order valence-electron chi connectivity index (χ0n) is 13.5. The first-order chi connectivity index (χ1) is 11.2. The molecule has 0 aliphatic heterocycles. The molecule has 0 aliphatic carbocycles. The number of halogens is 1. The van der Waals surface area contributed by atoms with Crippen LogP contribution in [0.2, 0.25) is 5.02 Å². The van der Waals surface area contributed by atoms with Crippen LogP contribution in [0.3, 0.4) is 0 Å². The summed E-state index contributed by atoms with van der Waals surface area (Å²) in [5, 5.41) is 3.26. The Kier molecular flexibility index (Phi) is 5.48. The molecule has 8 heteroatoms. The van der Waals surface area contributed by atoms with Crippen molar-refractivity contribution in [3.8, 4) is 0 Å². The molecule has 0 fully saturated rings. The average Bonchev–Trinajstić information content (AvgIpc) is 2.54. The SMILES string of the molecule is CN(C)S(=O)(=O)N(C)c1ccc(C(=O)Nc2cccc(Cl)c2)cc1. The molecule has 1 N–H and O–H groups in total. The number of nitrogens with one attached hydrogen (secondary N) is 1. The maximum atomic E-state index is 12.2. The van der Waals surface area contributed by atoms with Gasteiger partial charge in [0.2, 0.25) is 0 Å². The lowest BCUT2D eigenvalue weighted by Gasteiger charge is -2.23. The lowest BCUT2D eigenvalue weighted by molar-refractivity contribution is 0.102. The average molecular weight is 368 g/mol. The molecule has 6 nitrogen and oxygen atoms in total. The number of carbonyl (C=O) groups excluding carboxylic acids is 1. The van der Waals surface area contributed by atoms with Crippen LogP contribution in [0, 0.1) is 0 Å². The van der Waals surface area contributed by atoms with Crippen molar-refractivity contribution in [2.24, 2.45) is 0 Å². The number of rotatable bonds is 5. The highest BCUT2D eigenvalue weighted by atomic mass is 35.5. The quantitative estimate of drug-likeness (QED) is 0.883. The monoisotopic (exact) mass is 367 g/mol. The van der Waals surface area contributed by atoms with Crippen molar-refractivity contribution in [2.45, 2.75) is 0 Å². The molecule has 24 heavy (non-hydrogen) atoms. The van der Waals surface area contributed by atoms with E-state index in [1.165, 1.54) is 21.1 Å². The highest BCUT2D eigenvalue weighted by Crippen LogP contribution is 2.20. The smallest absolute Gasteiger partial charge is 0.303 e. The lowest BCUT2D eigenvalue weighted by atomic mass is 10.2. The summed E-state index contributed by atoms with van der Waals surface area (Å²) in [5.41, 5.74) is 1.46. The van der Waals surface area contributed by atoms with E-state index in [1.807, 2.05) is 0 Å². The third-order valence-electron chi connectivity index (χ3n) is 3.38. The molecule has 0 unspecified atom stereocenters. The minimum Gasteiger partial charge on any atom is -0.322 e. The van der Waals surface area contributed by atoms with Gasteiger partial charge in [0.25, 0.3) is 5.91 Å². The van der Waals surface area contributed by atoms with Crippen LogP contribution in [-0.4, -0.2) is 39.8 Å². The van der Waals surface area contributed by atoms with Gasteiger partial charge in [0, 0.05) is 37.4 Å². The normalized spacial score (nSPS) is 11.4. The van der Waals surface area contributed by atoms with Gasteiger partial charge in [-0.1, -0.05) is 17.7 Å². The number of hydrogen-bond acceptors (Lipinski definition) is 3. The van der Waals surface area contributed by atoms with E-state index in [4.69, 9.17) is 11.6 Å². The fourth-order valence-electron chi connectivity index (χ4n) is 1.97. The Morgan fingerprint density at radius 3 is 2.21 bits per heavy atom. The van der Waals surface area contributed by atoms with Crippen LogP contribution in [-0.2, 0) is 10.2 Å². The summed E-state index contributed by atoms with van der Waals surface area (Å²) >= 11 is 5.88. The van der Waals surface area contributed by atoms with Gasteiger partial charge in [-0.15, -0.1) is 0 Å². The number of amides is 1. The van der Waals surface area contributed by atoms with Crippen LogP contribution in [0.1, 0.15) is 10.4 Å². The van der Waals surface area contributed by atoms with Gasteiger partial charge in [-0.2, -0.15) is 12.7 Å². The molecule has 0 saturated heterocycles. The van der Waals surface area contributed by atoms with Crippen LogP contribution in [0.15, 0.2) is 48.5 Å². The topological polar surface area (TPSA) is 69.7 Å². The van der Waals surface area contributed by atoms with Crippen molar-refractivity contribution in [1.29, 1.82) is 0 Å². The van der Waals surface area contributed by atoms with Crippen LogP contribution in [0.4, 0.5) is 11.4 Å². The molecule has 0 bridgehead atoms. The summed E-state index contributed by atoms with van der Waals surface area (Å²) in [6.45, 7) is 0. The van der Waals surface area contributed by atoms with E-state index in [9.17, 15) is 13.2 Å². The van der Waals surface area contributed by atoms with E-state index in [0.717, 1.165) is 8.61 Å². The third-order valence-corrected chi connectivity index (χ3v) is 5.44. The molecule has 0 saturated carbocycles. The standard InChI is InChI=1S/C16H18ClN3O3S/c1-19(2)24(22,23)20(3)15-9-7-12(8-10-15)16(21)18-14-6-4-5-13(17)11-14/h4-11H,1-3H3,(H,18,21). The Balaban J connectivity index is 2.16. The number of anilines is 2. The van der Waals surface area contributed by atoms with Crippen LogP contribution >= 0.6 is 11.6 Å². The number of nitrogens with zero attached hydrogens (tertiary/aromatic N) is 2. The second-order valence-electron chi connectivity index (χ2n) is 5.27. The number of hydrogen-bond donors (Lipinski definition) is 1.